The summed E-state index contributed by atoms with van der Waals surface area (Å²) in [5, 5.41) is 0.634. The lowest BCUT2D eigenvalue weighted by molar-refractivity contribution is 0.728. The van der Waals surface area contributed by atoms with Gasteiger partial charge in [0, 0.05) is 10.7 Å². The van der Waals surface area contributed by atoms with Crippen LogP contribution in [-0.4, -0.2) is 9.56 Å². The number of aryl methyl sites for hydroxylation is 1. The predicted octanol–water partition coefficient (Wildman–Crippen LogP) is 2.49. The van der Waals surface area contributed by atoms with Crippen LogP contribution in [0.1, 0.15) is 16.8 Å². The first-order valence-corrected chi connectivity index (χ1v) is 6.53. The topological polar surface area (TPSA) is 48.0 Å². The lowest BCUT2D eigenvalue weighted by Gasteiger charge is -2.12. The van der Waals surface area contributed by atoms with Crippen molar-refractivity contribution in [3.63, 3.8) is 0 Å². The van der Waals surface area contributed by atoms with E-state index in [2.05, 4.69) is 0 Å². The minimum atomic E-state index is -0.188. The van der Waals surface area contributed by atoms with Gasteiger partial charge in [-0.2, -0.15) is 0 Å². The van der Waals surface area contributed by atoms with Crippen molar-refractivity contribution in [3.05, 3.63) is 68.6 Å². The maximum Gasteiger partial charge on any atom is 0.261 e. The molecule has 5 heteroatoms. The summed E-state index contributed by atoms with van der Waals surface area (Å²) < 4.78 is 1.62. The van der Waals surface area contributed by atoms with E-state index in [1.165, 1.54) is 0 Å². The molecule has 1 aromatic heterocycles. The van der Waals surface area contributed by atoms with E-state index in [1.807, 2.05) is 31.2 Å². The first-order valence-electron chi connectivity index (χ1n) is 5.74. The summed E-state index contributed by atoms with van der Waals surface area (Å²) in [4.78, 5) is 12.4. The first kappa shape index (κ1) is 13.8. The lowest BCUT2D eigenvalue weighted by Crippen LogP contribution is -2.30. The Morgan fingerprint density at radius 1 is 1.32 bits per heavy atom. The molecule has 3 nitrogen and oxygen atoms in total. The molecule has 0 aliphatic rings. The zero-order chi connectivity index (χ0) is 14.0. The fourth-order valence-corrected chi connectivity index (χ4v) is 2.20. The molecule has 0 fully saturated rings. The number of aromatic nitrogens is 1. The predicted molar refractivity (Wildman–Crippen MR) is 81.9 cm³/mol. The van der Waals surface area contributed by atoms with Crippen LogP contribution in [0.5, 0.6) is 0 Å². The Morgan fingerprint density at radius 3 is 2.63 bits per heavy atom. The Labute approximate surface area is 121 Å². The highest BCUT2D eigenvalue weighted by molar-refractivity contribution is 7.80. The number of pyridine rings is 1. The highest BCUT2D eigenvalue weighted by Gasteiger charge is 2.10. The number of rotatable bonds is 3. The van der Waals surface area contributed by atoms with E-state index in [0.29, 0.717) is 17.1 Å². The van der Waals surface area contributed by atoms with Gasteiger partial charge in [0.15, 0.2) is 0 Å². The van der Waals surface area contributed by atoms with Gasteiger partial charge < -0.3 is 10.3 Å². The molecule has 2 rings (SSSR count). The third-order valence-corrected chi connectivity index (χ3v) is 3.53. The van der Waals surface area contributed by atoms with E-state index >= 15 is 0 Å². The zero-order valence-electron chi connectivity index (χ0n) is 10.4. The van der Waals surface area contributed by atoms with Gasteiger partial charge in [-0.25, -0.2) is 0 Å². The maximum absolute atomic E-state index is 12.3. The van der Waals surface area contributed by atoms with Crippen molar-refractivity contribution in [2.45, 2.75) is 13.5 Å². The number of nitrogens with zero attached hydrogens (tertiary/aromatic N) is 1. The molecule has 1 heterocycles. The summed E-state index contributed by atoms with van der Waals surface area (Å²) in [6.07, 6.45) is 0. The minimum absolute atomic E-state index is 0.109. The molecule has 1 aromatic carbocycles. The molecule has 0 aliphatic heterocycles. The van der Waals surface area contributed by atoms with Crippen LogP contribution in [0.2, 0.25) is 5.02 Å². The number of benzene rings is 1. The first-order chi connectivity index (χ1) is 9.00. The summed E-state index contributed by atoms with van der Waals surface area (Å²) in [5.41, 5.74) is 7.44. The lowest BCUT2D eigenvalue weighted by atomic mass is 10.2. The van der Waals surface area contributed by atoms with Crippen LogP contribution in [-0.2, 0) is 6.54 Å². The van der Waals surface area contributed by atoms with Crippen LogP contribution >= 0.6 is 23.8 Å². The van der Waals surface area contributed by atoms with Gasteiger partial charge in [-0.05, 0) is 30.7 Å². The van der Waals surface area contributed by atoms with Crippen molar-refractivity contribution in [1.29, 1.82) is 0 Å². The van der Waals surface area contributed by atoms with E-state index in [4.69, 9.17) is 29.6 Å². The Hall–Kier alpha value is -1.65. The summed E-state index contributed by atoms with van der Waals surface area (Å²) in [6.45, 7) is 2.27. The van der Waals surface area contributed by atoms with Gasteiger partial charge in [-0.3, -0.25) is 4.79 Å². The molecular weight excluding hydrogens is 280 g/mol. The van der Waals surface area contributed by atoms with E-state index in [-0.39, 0.29) is 10.5 Å². The molecule has 19 heavy (non-hydrogen) atoms. The van der Waals surface area contributed by atoms with Crippen LogP contribution in [0.4, 0.5) is 0 Å². The molecular formula is C14H13ClN2OS. The molecule has 0 saturated heterocycles. The fraction of sp³-hybridized carbons (Fsp3) is 0.143. The second-order valence-electron chi connectivity index (χ2n) is 4.24. The summed E-state index contributed by atoms with van der Waals surface area (Å²) >= 11 is 11.0. The van der Waals surface area contributed by atoms with Gasteiger partial charge in [0.2, 0.25) is 0 Å². The standard InChI is InChI=1S/C14H13ClN2OS/c1-9-6-7-11(13(16)19)14(18)17(9)8-10-4-2-3-5-12(10)15/h2-7H,8H2,1H3,(H2,16,19). The van der Waals surface area contributed by atoms with E-state index in [9.17, 15) is 4.79 Å². The number of nitrogens with two attached hydrogens (primary N) is 1. The molecule has 0 amide bonds. The molecule has 2 N–H and O–H groups in total. The average molecular weight is 293 g/mol. The van der Waals surface area contributed by atoms with Crippen LogP contribution in [0.3, 0.4) is 0 Å². The third kappa shape index (κ3) is 2.85. The summed E-state index contributed by atoms with van der Waals surface area (Å²) in [6, 6.07) is 10.9. The number of thiocarbonyl (C=S) groups is 1. The number of hydrogen-bond acceptors (Lipinski definition) is 2. The van der Waals surface area contributed by atoms with E-state index in [1.54, 1.807) is 16.7 Å². The molecule has 2 aromatic rings. The molecule has 98 valence electrons. The number of hydrogen-bond donors (Lipinski definition) is 1. The fourth-order valence-electron chi connectivity index (χ4n) is 1.85. The minimum Gasteiger partial charge on any atom is -0.389 e. The number of halogens is 1. The third-order valence-electron chi connectivity index (χ3n) is 2.94. The van der Waals surface area contributed by atoms with Crippen molar-refractivity contribution >= 4 is 28.8 Å². The SMILES string of the molecule is Cc1ccc(C(N)=S)c(=O)n1Cc1ccccc1Cl. The molecule has 0 unspecified atom stereocenters. The monoisotopic (exact) mass is 292 g/mol. The van der Waals surface area contributed by atoms with Gasteiger partial charge >= 0.3 is 0 Å². The molecule has 0 spiro atoms. The Morgan fingerprint density at radius 2 is 2.00 bits per heavy atom. The van der Waals surface area contributed by atoms with Crippen molar-refractivity contribution in [2.75, 3.05) is 0 Å². The smallest absolute Gasteiger partial charge is 0.261 e. The zero-order valence-corrected chi connectivity index (χ0v) is 12.0. The van der Waals surface area contributed by atoms with Crippen molar-refractivity contribution < 1.29 is 0 Å². The molecule has 0 aliphatic carbocycles. The Balaban J connectivity index is 2.52. The van der Waals surface area contributed by atoms with Gasteiger partial charge in [0.25, 0.3) is 5.56 Å². The van der Waals surface area contributed by atoms with Gasteiger partial charge in [-0.15, -0.1) is 0 Å². The highest BCUT2D eigenvalue weighted by Crippen LogP contribution is 2.16. The molecule has 0 atom stereocenters. The highest BCUT2D eigenvalue weighted by atomic mass is 35.5. The largest absolute Gasteiger partial charge is 0.389 e. The van der Waals surface area contributed by atoms with Crippen molar-refractivity contribution in [1.82, 2.24) is 4.57 Å². The van der Waals surface area contributed by atoms with Crippen molar-refractivity contribution in [3.8, 4) is 0 Å². The van der Waals surface area contributed by atoms with Gasteiger partial charge in [0.1, 0.15) is 4.99 Å². The molecule has 0 saturated carbocycles. The normalized spacial score (nSPS) is 10.4. The summed E-state index contributed by atoms with van der Waals surface area (Å²) in [5.74, 6) is 0. The summed E-state index contributed by atoms with van der Waals surface area (Å²) in [7, 11) is 0. The van der Waals surface area contributed by atoms with Crippen LogP contribution in [0.15, 0.2) is 41.2 Å². The van der Waals surface area contributed by atoms with Crippen LogP contribution in [0, 0.1) is 6.92 Å². The second-order valence-corrected chi connectivity index (χ2v) is 5.08. The van der Waals surface area contributed by atoms with Gasteiger partial charge in [-0.1, -0.05) is 42.0 Å². The molecule has 0 bridgehead atoms. The van der Waals surface area contributed by atoms with E-state index in [0.717, 1.165) is 11.3 Å². The van der Waals surface area contributed by atoms with E-state index < -0.39 is 0 Å². The van der Waals surface area contributed by atoms with Crippen LogP contribution in [0.25, 0.3) is 0 Å². The Kier molecular flexibility index (Phi) is 4.02. The van der Waals surface area contributed by atoms with Crippen molar-refractivity contribution in [2.24, 2.45) is 5.73 Å². The quantitative estimate of drug-likeness (QED) is 0.884. The van der Waals surface area contributed by atoms with Gasteiger partial charge in [0.05, 0.1) is 12.1 Å². The average Bonchev–Trinajstić information content (AvgIpc) is 2.36. The van der Waals surface area contributed by atoms with Crippen LogP contribution < -0.4 is 11.3 Å². The Bertz CT molecular complexity index is 694. The maximum atomic E-state index is 12.3. The second kappa shape index (κ2) is 5.55. The molecule has 0 radical (unpaired) electrons.